The Kier molecular flexibility index (Phi) is 20.8. The van der Waals surface area contributed by atoms with Gasteiger partial charge in [0.2, 0.25) is 35.4 Å². The van der Waals surface area contributed by atoms with Crippen molar-refractivity contribution < 1.29 is 57.4 Å². The first-order valence-electron chi connectivity index (χ1n) is 25.9. The van der Waals surface area contributed by atoms with Gasteiger partial charge < -0.3 is 61.8 Å². The van der Waals surface area contributed by atoms with Gasteiger partial charge in [-0.1, -0.05) is 102 Å². The van der Waals surface area contributed by atoms with Crippen molar-refractivity contribution in [2.75, 3.05) is 41.4 Å². The van der Waals surface area contributed by atoms with Crippen LogP contribution >= 0.6 is 0 Å². The average molecular weight is 1080 g/mol. The summed E-state index contributed by atoms with van der Waals surface area (Å²) < 4.78 is 10.0. The molecule has 3 aromatic rings. The average Bonchev–Trinajstić information content (AvgIpc) is 4.11. The molecule has 10 atom stereocenters. The predicted molar refractivity (Wildman–Crippen MR) is 288 cm³/mol. The second-order valence-electron chi connectivity index (χ2n) is 21.8. The fraction of sp³-hybridized carbons (Fsp3) is 0.500. The summed E-state index contributed by atoms with van der Waals surface area (Å²) in [7, 11) is 5.58. The number of rotatable bonds is 20. The van der Waals surface area contributed by atoms with Crippen LogP contribution in [0.4, 0.5) is 0 Å². The molecular weight excluding hydrogens is 1000 g/mol. The molecule has 2 aliphatic rings. The smallest absolute Gasteiger partial charge is 0.333 e. The van der Waals surface area contributed by atoms with E-state index < -0.39 is 130 Å². The van der Waals surface area contributed by atoms with Crippen LogP contribution in [-0.2, 0) is 47.8 Å². The van der Waals surface area contributed by atoms with Gasteiger partial charge in [0.1, 0.15) is 24.2 Å². The maximum atomic E-state index is 14.6. The van der Waals surface area contributed by atoms with Crippen LogP contribution in [0.1, 0.15) is 112 Å². The van der Waals surface area contributed by atoms with Gasteiger partial charge in [-0.25, -0.2) is 9.59 Å². The van der Waals surface area contributed by atoms with Crippen molar-refractivity contribution >= 4 is 59.2 Å². The molecule has 0 spiro atoms. The minimum atomic E-state index is -1.23. The Labute approximate surface area is 455 Å². The zero-order valence-electron chi connectivity index (χ0n) is 46.5. The van der Waals surface area contributed by atoms with Crippen molar-refractivity contribution in [3.05, 3.63) is 107 Å². The van der Waals surface area contributed by atoms with Crippen LogP contribution < -0.4 is 42.5 Å². The minimum absolute atomic E-state index is 0.0717. The fourth-order valence-corrected chi connectivity index (χ4v) is 9.16. The molecule has 2 fully saturated rings. The summed E-state index contributed by atoms with van der Waals surface area (Å²) in [5.74, 6) is -6.14. The number of hydrogen-bond acceptors (Lipinski definition) is 14. The van der Waals surface area contributed by atoms with E-state index in [0.717, 1.165) is 0 Å². The quantitative estimate of drug-likeness (QED) is 0.0744. The number of nitrogens with one attached hydrogen (secondary N) is 8. The Morgan fingerprint density at radius 2 is 0.821 bits per heavy atom. The van der Waals surface area contributed by atoms with Crippen LogP contribution in [-0.4, -0.2) is 159 Å². The van der Waals surface area contributed by atoms with Gasteiger partial charge >= 0.3 is 11.9 Å². The SMILES string of the molecule is CNC(C)C(=O)NC(C(=O)N1CC(NC(=O)c2ccc(C(=O)NC3CC(C(=O)NC(C(=O)OC)c4ccccc4)N(C(=O)C(NC(=O)C(C)NC)C(C)(C)C)C3)cc2)CC1C(=O)NC(C(=O)OC)c1ccccc1)C(C)(C)C. The second-order valence-corrected chi connectivity index (χ2v) is 21.8. The molecule has 78 heavy (non-hydrogen) atoms. The lowest BCUT2D eigenvalue weighted by atomic mass is 9.85. The molecule has 0 saturated carbocycles. The van der Waals surface area contributed by atoms with E-state index in [1.165, 1.54) is 48.3 Å². The van der Waals surface area contributed by atoms with Gasteiger partial charge in [-0.05, 0) is 87.0 Å². The zero-order valence-corrected chi connectivity index (χ0v) is 46.5. The Hall–Kier alpha value is -7.72. The van der Waals surface area contributed by atoms with Gasteiger partial charge in [-0.3, -0.25) is 38.4 Å². The highest BCUT2D eigenvalue weighted by molar-refractivity contribution is 6.00. The van der Waals surface area contributed by atoms with Crippen LogP contribution in [0.2, 0.25) is 0 Å². The first kappa shape index (κ1) is 61.1. The van der Waals surface area contributed by atoms with Crippen molar-refractivity contribution in [3.63, 3.8) is 0 Å². The molecular formula is C56H76N10O12. The predicted octanol–water partition coefficient (Wildman–Crippen LogP) is 1.42. The van der Waals surface area contributed by atoms with Gasteiger partial charge in [-0.2, -0.15) is 0 Å². The molecule has 10 unspecified atom stereocenters. The minimum Gasteiger partial charge on any atom is -0.467 e. The number of carbonyl (C=O) groups is 10. The lowest BCUT2D eigenvalue weighted by Gasteiger charge is -2.36. The highest BCUT2D eigenvalue weighted by Gasteiger charge is 2.48. The van der Waals surface area contributed by atoms with Gasteiger partial charge in [0.05, 0.1) is 26.3 Å². The molecule has 8 amide bonds. The van der Waals surface area contributed by atoms with Gasteiger partial charge in [-0.15, -0.1) is 0 Å². The van der Waals surface area contributed by atoms with E-state index >= 15 is 0 Å². The monoisotopic (exact) mass is 1080 g/mol. The summed E-state index contributed by atoms with van der Waals surface area (Å²) >= 11 is 0. The van der Waals surface area contributed by atoms with E-state index in [1.807, 2.05) is 0 Å². The molecule has 0 bridgehead atoms. The van der Waals surface area contributed by atoms with E-state index in [0.29, 0.717) is 11.1 Å². The molecule has 22 nitrogen and oxygen atoms in total. The first-order valence-corrected chi connectivity index (χ1v) is 25.9. The van der Waals surface area contributed by atoms with Crippen molar-refractivity contribution in [1.29, 1.82) is 0 Å². The molecule has 5 rings (SSSR count). The number of nitrogens with zero attached hydrogens (tertiary/aromatic N) is 2. The molecule has 422 valence electrons. The maximum absolute atomic E-state index is 14.6. The summed E-state index contributed by atoms with van der Waals surface area (Å²) in [6, 6.07) is 12.5. The number of hydrogen-bond donors (Lipinski definition) is 8. The first-order chi connectivity index (χ1) is 36.7. The van der Waals surface area contributed by atoms with E-state index in [1.54, 1.807) is 130 Å². The van der Waals surface area contributed by atoms with E-state index in [4.69, 9.17) is 9.47 Å². The maximum Gasteiger partial charge on any atom is 0.333 e. The summed E-state index contributed by atoms with van der Waals surface area (Å²) in [4.78, 5) is 141. The molecule has 22 heteroatoms. The molecule has 2 aliphatic heterocycles. The van der Waals surface area contributed by atoms with Gasteiger partial charge in [0.15, 0.2) is 12.1 Å². The molecule has 2 heterocycles. The molecule has 0 radical (unpaired) electrons. The number of likely N-dealkylation sites (tertiary alicyclic amines) is 2. The summed E-state index contributed by atoms with van der Waals surface area (Å²) in [5.41, 5.74) is -0.545. The normalized spacial score (nSPS) is 19.6. The third kappa shape index (κ3) is 15.3. The fourth-order valence-electron chi connectivity index (χ4n) is 9.16. The second kappa shape index (κ2) is 26.6. The third-order valence-electron chi connectivity index (χ3n) is 14.0. The van der Waals surface area contributed by atoms with Crippen LogP contribution in [0.25, 0.3) is 0 Å². The molecule has 0 aromatic heterocycles. The number of methoxy groups -OCH3 is 2. The molecule has 2 saturated heterocycles. The summed E-state index contributed by atoms with van der Waals surface area (Å²) in [6.07, 6.45) is -0.143. The van der Waals surface area contributed by atoms with Crippen LogP contribution in [0.3, 0.4) is 0 Å². The number of amides is 8. The number of ether oxygens (including phenoxy) is 2. The summed E-state index contributed by atoms with van der Waals surface area (Å²) in [5, 5.41) is 22.6. The Morgan fingerprint density at radius 1 is 0.500 bits per heavy atom. The Morgan fingerprint density at radius 3 is 1.10 bits per heavy atom. The van der Waals surface area contributed by atoms with Crippen LogP contribution in [0, 0.1) is 10.8 Å². The number of likely N-dealkylation sites (N-methyl/N-ethyl adjacent to an activating group) is 2. The molecule has 8 N–H and O–H groups in total. The zero-order chi connectivity index (χ0) is 57.8. The molecule has 0 aliphatic carbocycles. The topological polar surface area (TPSA) is 292 Å². The van der Waals surface area contributed by atoms with Crippen molar-refractivity contribution in [1.82, 2.24) is 52.3 Å². The lowest BCUT2D eigenvalue weighted by Crippen LogP contribution is -2.59. The number of carbonyl (C=O) groups excluding carboxylic acids is 10. The standard InChI is InChI=1S/C56H76N10O12/c1-31(57-9)45(67)63-43(55(3,4)5)51(73)65-29-37(27-39(65)49(71)61-41(53(75)77-11)33-19-15-13-16-20-33)59-47(69)35-23-25-36(26-24-35)48(70)60-38-28-40(50(72)62-42(54(76)78-12)34-21-17-14-18-22-34)66(30-38)52(74)44(56(6,7)8)64-46(68)32(2)58-10/h13-26,31-32,37-44,57-58H,27-30H2,1-12H3,(H,59,69)(H,60,70)(H,61,71)(H,62,72)(H,63,67)(H,64,68). The third-order valence-corrected chi connectivity index (χ3v) is 14.0. The van der Waals surface area contributed by atoms with Crippen molar-refractivity contribution in [2.45, 2.75) is 129 Å². The van der Waals surface area contributed by atoms with Crippen LogP contribution in [0.15, 0.2) is 84.9 Å². The summed E-state index contributed by atoms with van der Waals surface area (Å²) in [6.45, 7) is 13.6. The highest BCUT2D eigenvalue weighted by Crippen LogP contribution is 2.30. The van der Waals surface area contributed by atoms with Gasteiger partial charge in [0.25, 0.3) is 11.8 Å². The van der Waals surface area contributed by atoms with Crippen LogP contribution in [0.5, 0.6) is 0 Å². The Balaban J connectivity index is 1.37. The van der Waals surface area contributed by atoms with Crippen molar-refractivity contribution in [3.8, 4) is 0 Å². The number of benzene rings is 3. The van der Waals surface area contributed by atoms with Gasteiger partial charge in [0, 0.05) is 36.3 Å². The van der Waals surface area contributed by atoms with Crippen molar-refractivity contribution in [2.24, 2.45) is 10.8 Å². The van der Waals surface area contributed by atoms with E-state index in [9.17, 15) is 47.9 Å². The van der Waals surface area contributed by atoms with E-state index in [2.05, 4.69) is 42.5 Å². The lowest BCUT2D eigenvalue weighted by molar-refractivity contribution is -0.148. The largest absolute Gasteiger partial charge is 0.467 e. The highest BCUT2D eigenvalue weighted by atomic mass is 16.5. The number of esters is 2. The Bertz CT molecular complexity index is 2480. The molecule has 3 aromatic carbocycles. The van der Waals surface area contributed by atoms with E-state index in [-0.39, 0.29) is 37.1 Å².